The number of rotatable bonds is 4. The van der Waals surface area contributed by atoms with Gasteiger partial charge in [-0.1, -0.05) is 47.6 Å². The lowest BCUT2D eigenvalue weighted by Gasteiger charge is -2.07. The second kappa shape index (κ2) is 8.31. The Kier molecular flexibility index (Phi) is 6.58. The van der Waals surface area contributed by atoms with Gasteiger partial charge in [-0.15, -0.1) is 0 Å². The summed E-state index contributed by atoms with van der Waals surface area (Å²) in [6, 6.07) is 2.02. The van der Waals surface area contributed by atoms with Crippen LogP contribution in [0.2, 0.25) is 0 Å². The molecule has 0 fully saturated rings. The maximum atomic E-state index is 8.48. The van der Waals surface area contributed by atoms with Crippen LogP contribution in [-0.4, -0.2) is 0 Å². The van der Waals surface area contributed by atoms with Crippen molar-refractivity contribution in [2.75, 3.05) is 0 Å². The standard InChI is InChI=1S/C17H21N/c1-15(7-6-8-16(2)13-14-18)11-12-17-9-4-3-5-10-17/h6-9,11-13H,3-5,10H2,1-2H3/b8-6+,12-11+,15-7+,16-13+. The highest BCUT2D eigenvalue weighted by molar-refractivity contribution is 5.31. The lowest BCUT2D eigenvalue weighted by atomic mass is 9.99. The summed E-state index contributed by atoms with van der Waals surface area (Å²) in [5.41, 5.74) is 3.65. The van der Waals surface area contributed by atoms with E-state index in [1.807, 2.05) is 25.1 Å². The van der Waals surface area contributed by atoms with E-state index in [0.29, 0.717) is 0 Å². The number of hydrogen-bond acceptors (Lipinski definition) is 1. The van der Waals surface area contributed by atoms with Crippen molar-refractivity contribution >= 4 is 0 Å². The minimum Gasteiger partial charge on any atom is -0.193 e. The van der Waals surface area contributed by atoms with Gasteiger partial charge in [-0.25, -0.2) is 0 Å². The van der Waals surface area contributed by atoms with Crippen molar-refractivity contribution in [2.24, 2.45) is 0 Å². The second-order valence-electron chi connectivity index (χ2n) is 4.65. The first-order valence-corrected chi connectivity index (χ1v) is 6.51. The molecule has 0 aromatic rings. The van der Waals surface area contributed by atoms with Gasteiger partial charge in [0.1, 0.15) is 0 Å². The van der Waals surface area contributed by atoms with E-state index < -0.39 is 0 Å². The fourth-order valence-corrected chi connectivity index (χ4v) is 1.81. The number of nitrogens with zero attached hydrogens (tertiary/aromatic N) is 1. The Bertz CT molecular complexity index is 450. The van der Waals surface area contributed by atoms with Gasteiger partial charge in [0.05, 0.1) is 6.07 Å². The van der Waals surface area contributed by atoms with Crippen molar-refractivity contribution in [1.29, 1.82) is 5.26 Å². The van der Waals surface area contributed by atoms with E-state index in [2.05, 4.69) is 31.2 Å². The molecule has 1 aliphatic carbocycles. The Balaban J connectivity index is 2.52. The summed E-state index contributed by atoms with van der Waals surface area (Å²) in [5, 5.41) is 8.48. The smallest absolute Gasteiger partial charge is 0.0914 e. The van der Waals surface area contributed by atoms with Gasteiger partial charge in [0, 0.05) is 6.08 Å². The summed E-state index contributed by atoms with van der Waals surface area (Å²) < 4.78 is 0. The number of nitriles is 1. The summed E-state index contributed by atoms with van der Waals surface area (Å²) >= 11 is 0. The molecule has 0 aromatic heterocycles. The van der Waals surface area contributed by atoms with E-state index in [-0.39, 0.29) is 0 Å². The first kappa shape index (κ1) is 14.3. The minimum absolute atomic E-state index is 0.973. The van der Waals surface area contributed by atoms with Crippen molar-refractivity contribution in [3.05, 3.63) is 59.3 Å². The highest BCUT2D eigenvalue weighted by atomic mass is 14.2. The molecule has 0 saturated heterocycles. The van der Waals surface area contributed by atoms with Crippen LogP contribution in [0, 0.1) is 11.3 Å². The van der Waals surface area contributed by atoms with Gasteiger partial charge in [0.2, 0.25) is 0 Å². The summed E-state index contributed by atoms with van der Waals surface area (Å²) in [5.74, 6) is 0. The van der Waals surface area contributed by atoms with Crippen molar-refractivity contribution in [1.82, 2.24) is 0 Å². The van der Waals surface area contributed by atoms with Crippen LogP contribution in [0.5, 0.6) is 0 Å². The highest BCUT2D eigenvalue weighted by Gasteiger charge is 1.98. The van der Waals surface area contributed by atoms with E-state index >= 15 is 0 Å². The Morgan fingerprint density at radius 3 is 2.72 bits per heavy atom. The second-order valence-corrected chi connectivity index (χ2v) is 4.65. The summed E-state index contributed by atoms with van der Waals surface area (Å²) in [4.78, 5) is 0. The zero-order valence-electron chi connectivity index (χ0n) is 11.3. The fraction of sp³-hybridized carbons (Fsp3) is 0.353. The molecule has 0 atom stereocenters. The van der Waals surface area contributed by atoms with E-state index in [9.17, 15) is 0 Å². The zero-order valence-corrected chi connectivity index (χ0v) is 11.3. The molecule has 0 bridgehead atoms. The number of hydrogen-bond donors (Lipinski definition) is 0. The van der Waals surface area contributed by atoms with Crippen molar-refractivity contribution in [3.63, 3.8) is 0 Å². The maximum absolute atomic E-state index is 8.48. The largest absolute Gasteiger partial charge is 0.193 e. The Morgan fingerprint density at radius 2 is 2.06 bits per heavy atom. The van der Waals surface area contributed by atoms with Gasteiger partial charge < -0.3 is 0 Å². The van der Waals surface area contributed by atoms with Gasteiger partial charge in [-0.05, 0) is 45.1 Å². The average Bonchev–Trinajstić information content (AvgIpc) is 2.38. The zero-order chi connectivity index (χ0) is 13.2. The predicted octanol–water partition coefficient (Wildman–Crippen LogP) is 5.02. The Hall–Kier alpha value is -1.81. The van der Waals surface area contributed by atoms with Crippen LogP contribution in [-0.2, 0) is 0 Å². The Morgan fingerprint density at radius 1 is 1.22 bits per heavy atom. The lowest BCUT2D eigenvalue weighted by molar-refractivity contribution is 0.712. The van der Waals surface area contributed by atoms with Gasteiger partial charge in [-0.2, -0.15) is 5.26 Å². The summed E-state index contributed by atoms with van der Waals surface area (Å²) in [6.07, 6.45) is 19.3. The normalized spacial score (nSPS) is 18.2. The number of allylic oxidation sites excluding steroid dienone is 10. The van der Waals surface area contributed by atoms with Gasteiger partial charge >= 0.3 is 0 Å². The molecular formula is C17H21N. The van der Waals surface area contributed by atoms with Gasteiger partial charge in [0.15, 0.2) is 0 Å². The lowest BCUT2D eigenvalue weighted by Crippen LogP contribution is -1.88. The molecule has 1 heteroatoms. The van der Waals surface area contributed by atoms with Crippen molar-refractivity contribution < 1.29 is 0 Å². The quantitative estimate of drug-likeness (QED) is 0.499. The molecule has 1 nitrogen and oxygen atoms in total. The van der Waals surface area contributed by atoms with Crippen molar-refractivity contribution in [3.8, 4) is 6.07 Å². The molecule has 0 saturated carbocycles. The molecule has 0 aromatic carbocycles. The first-order valence-electron chi connectivity index (χ1n) is 6.51. The third kappa shape index (κ3) is 6.06. The molecule has 1 rings (SSSR count). The molecule has 18 heavy (non-hydrogen) atoms. The van der Waals surface area contributed by atoms with E-state index in [1.54, 1.807) is 6.08 Å². The van der Waals surface area contributed by atoms with Crippen LogP contribution < -0.4 is 0 Å². The highest BCUT2D eigenvalue weighted by Crippen LogP contribution is 2.18. The van der Waals surface area contributed by atoms with Crippen LogP contribution >= 0.6 is 0 Å². The molecule has 0 heterocycles. The van der Waals surface area contributed by atoms with E-state index in [4.69, 9.17) is 5.26 Å². The Labute approximate surface area is 111 Å². The molecule has 0 radical (unpaired) electrons. The summed E-state index contributed by atoms with van der Waals surface area (Å²) in [6.45, 7) is 4.01. The summed E-state index contributed by atoms with van der Waals surface area (Å²) in [7, 11) is 0. The first-order chi connectivity index (χ1) is 8.72. The SMILES string of the molecule is CC(/C=C/C=C(C)/C=C/C1=CCCCC1)=C\C#N. The molecule has 0 aliphatic heterocycles. The molecule has 0 N–H and O–H groups in total. The van der Waals surface area contributed by atoms with Gasteiger partial charge in [0.25, 0.3) is 0 Å². The average molecular weight is 239 g/mol. The third-order valence-corrected chi connectivity index (χ3v) is 2.90. The van der Waals surface area contributed by atoms with Crippen molar-refractivity contribution in [2.45, 2.75) is 39.5 Å². The van der Waals surface area contributed by atoms with Crippen LogP contribution in [0.25, 0.3) is 0 Å². The molecule has 94 valence electrons. The molecule has 1 aliphatic rings. The molecule has 0 spiro atoms. The molecule has 0 unspecified atom stereocenters. The topological polar surface area (TPSA) is 23.8 Å². The monoisotopic (exact) mass is 239 g/mol. The van der Waals surface area contributed by atoms with Crippen LogP contribution in [0.3, 0.4) is 0 Å². The van der Waals surface area contributed by atoms with E-state index in [0.717, 1.165) is 5.57 Å². The molecule has 0 amide bonds. The fourth-order valence-electron chi connectivity index (χ4n) is 1.81. The maximum Gasteiger partial charge on any atom is 0.0914 e. The van der Waals surface area contributed by atoms with Crippen LogP contribution in [0.15, 0.2) is 59.3 Å². The van der Waals surface area contributed by atoms with E-state index in [1.165, 1.54) is 36.8 Å². The minimum atomic E-state index is 0.973. The predicted molar refractivity (Wildman–Crippen MR) is 78.0 cm³/mol. The van der Waals surface area contributed by atoms with Crippen LogP contribution in [0.4, 0.5) is 0 Å². The van der Waals surface area contributed by atoms with Gasteiger partial charge in [-0.3, -0.25) is 0 Å². The molecular weight excluding hydrogens is 218 g/mol. The van der Waals surface area contributed by atoms with Crippen LogP contribution in [0.1, 0.15) is 39.5 Å². The third-order valence-electron chi connectivity index (χ3n) is 2.90.